The van der Waals surface area contributed by atoms with Gasteiger partial charge in [0.15, 0.2) is 0 Å². The highest BCUT2D eigenvalue weighted by molar-refractivity contribution is 5.12. The third-order valence-electron chi connectivity index (χ3n) is 2.92. The summed E-state index contributed by atoms with van der Waals surface area (Å²) in [6.45, 7) is 2.23. The van der Waals surface area contributed by atoms with Gasteiger partial charge in [-0.1, -0.05) is 45.4 Å². The molecule has 1 aromatic heterocycles. The maximum Gasteiger partial charge on any atom is 0.0791 e. The smallest absolute Gasteiger partial charge is 0.0791 e. The van der Waals surface area contributed by atoms with Crippen LogP contribution in [0.15, 0.2) is 24.5 Å². The van der Waals surface area contributed by atoms with Gasteiger partial charge < -0.3 is 5.11 Å². The fourth-order valence-electron chi connectivity index (χ4n) is 1.87. The molecule has 0 amide bonds. The van der Waals surface area contributed by atoms with E-state index in [2.05, 4.69) is 11.9 Å². The molecule has 1 heterocycles. The molecule has 16 heavy (non-hydrogen) atoms. The topological polar surface area (TPSA) is 33.1 Å². The predicted molar refractivity (Wildman–Crippen MR) is 67.2 cm³/mol. The van der Waals surface area contributed by atoms with Crippen molar-refractivity contribution in [2.45, 2.75) is 58.0 Å². The minimum atomic E-state index is -0.311. The summed E-state index contributed by atoms with van der Waals surface area (Å²) in [6.07, 6.45) is 11.7. The second-order valence-corrected chi connectivity index (χ2v) is 4.35. The average Bonchev–Trinajstić information content (AvgIpc) is 2.34. The van der Waals surface area contributed by atoms with E-state index in [0.29, 0.717) is 0 Å². The van der Waals surface area contributed by atoms with Gasteiger partial charge in [-0.2, -0.15) is 0 Å². The van der Waals surface area contributed by atoms with Crippen molar-refractivity contribution < 1.29 is 5.11 Å². The molecule has 0 aliphatic carbocycles. The van der Waals surface area contributed by atoms with E-state index >= 15 is 0 Å². The zero-order valence-electron chi connectivity index (χ0n) is 10.2. The molecule has 0 unspecified atom stereocenters. The Kier molecular flexibility index (Phi) is 6.82. The monoisotopic (exact) mass is 221 g/mol. The second kappa shape index (κ2) is 8.28. The summed E-state index contributed by atoms with van der Waals surface area (Å²) in [4.78, 5) is 3.95. The molecule has 0 saturated carbocycles. The van der Waals surface area contributed by atoms with Crippen molar-refractivity contribution in [1.29, 1.82) is 0 Å². The van der Waals surface area contributed by atoms with Crippen molar-refractivity contribution in [3.63, 3.8) is 0 Å². The Bertz CT molecular complexity index is 261. The Morgan fingerprint density at radius 3 is 2.38 bits per heavy atom. The maximum absolute atomic E-state index is 9.90. The van der Waals surface area contributed by atoms with Gasteiger partial charge in [-0.25, -0.2) is 0 Å². The molecule has 1 aromatic rings. The molecule has 1 rings (SSSR count). The Morgan fingerprint density at radius 1 is 1.06 bits per heavy atom. The summed E-state index contributed by atoms with van der Waals surface area (Å²) in [6, 6.07) is 3.78. The largest absolute Gasteiger partial charge is 0.388 e. The molecular weight excluding hydrogens is 198 g/mol. The molecule has 0 saturated heterocycles. The van der Waals surface area contributed by atoms with E-state index in [9.17, 15) is 5.11 Å². The van der Waals surface area contributed by atoms with E-state index in [1.807, 2.05) is 12.1 Å². The lowest BCUT2D eigenvalue weighted by atomic mass is 10.0. The zero-order valence-corrected chi connectivity index (χ0v) is 10.2. The van der Waals surface area contributed by atoms with Crippen LogP contribution >= 0.6 is 0 Å². The van der Waals surface area contributed by atoms with Crippen molar-refractivity contribution >= 4 is 0 Å². The Labute approximate surface area is 98.7 Å². The van der Waals surface area contributed by atoms with Gasteiger partial charge >= 0.3 is 0 Å². The lowest BCUT2D eigenvalue weighted by Crippen LogP contribution is -1.97. The van der Waals surface area contributed by atoms with Crippen molar-refractivity contribution in [3.05, 3.63) is 30.1 Å². The van der Waals surface area contributed by atoms with Crippen LogP contribution in [-0.2, 0) is 0 Å². The summed E-state index contributed by atoms with van der Waals surface area (Å²) < 4.78 is 0. The summed E-state index contributed by atoms with van der Waals surface area (Å²) in [5.41, 5.74) is 0.989. The molecular formula is C14H23NO. The van der Waals surface area contributed by atoms with Crippen LogP contribution < -0.4 is 0 Å². The van der Waals surface area contributed by atoms with Gasteiger partial charge in [-0.05, 0) is 24.1 Å². The molecule has 2 heteroatoms. The number of rotatable bonds is 8. The standard InChI is InChI=1S/C14H23NO/c1-2-3-4-5-6-7-8-14(16)13-9-11-15-12-10-13/h9-12,14,16H,2-8H2,1H3/t14-/m0/s1. The van der Waals surface area contributed by atoms with Gasteiger partial charge in [-0.15, -0.1) is 0 Å². The number of aromatic nitrogens is 1. The average molecular weight is 221 g/mol. The van der Waals surface area contributed by atoms with Gasteiger partial charge in [0, 0.05) is 12.4 Å². The summed E-state index contributed by atoms with van der Waals surface area (Å²) in [7, 11) is 0. The summed E-state index contributed by atoms with van der Waals surface area (Å²) in [5.74, 6) is 0. The highest BCUT2D eigenvalue weighted by atomic mass is 16.3. The van der Waals surface area contributed by atoms with E-state index in [1.54, 1.807) is 12.4 Å². The van der Waals surface area contributed by atoms with Crippen LogP contribution in [0.3, 0.4) is 0 Å². The minimum absolute atomic E-state index is 0.311. The molecule has 1 atom stereocenters. The lowest BCUT2D eigenvalue weighted by Gasteiger charge is -2.10. The number of pyridine rings is 1. The van der Waals surface area contributed by atoms with Crippen molar-refractivity contribution in [1.82, 2.24) is 4.98 Å². The van der Waals surface area contributed by atoms with Crippen LogP contribution in [0.25, 0.3) is 0 Å². The van der Waals surface area contributed by atoms with Crippen LogP contribution in [0.1, 0.15) is 63.5 Å². The first-order valence-corrected chi connectivity index (χ1v) is 6.42. The first-order valence-electron chi connectivity index (χ1n) is 6.42. The molecule has 0 aromatic carbocycles. The van der Waals surface area contributed by atoms with E-state index in [4.69, 9.17) is 0 Å². The fourth-order valence-corrected chi connectivity index (χ4v) is 1.87. The number of unbranched alkanes of at least 4 members (excludes halogenated alkanes) is 5. The molecule has 2 nitrogen and oxygen atoms in total. The third kappa shape index (κ3) is 5.26. The first-order chi connectivity index (χ1) is 7.84. The van der Waals surface area contributed by atoms with Crippen LogP contribution in [-0.4, -0.2) is 10.1 Å². The minimum Gasteiger partial charge on any atom is -0.388 e. The van der Waals surface area contributed by atoms with Crippen LogP contribution in [0.5, 0.6) is 0 Å². The predicted octanol–water partition coefficient (Wildman–Crippen LogP) is 3.87. The van der Waals surface area contributed by atoms with Gasteiger partial charge in [0.05, 0.1) is 6.10 Å². The Morgan fingerprint density at radius 2 is 1.69 bits per heavy atom. The van der Waals surface area contributed by atoms with Crippen molar-refractivity contribution in [2.75, 3.05) is 0 Å². The first kappa shape index (κ1) is 13.2. The van der Waals surface area contributed by atoms with Gasteiger partial charge in [0.1, 0.15) is 0 Å². The Hall–Kier alpha value is -0.890. The highest BCUT2D eigenvalue weighted by Crippen LogP contribution is 2.19. The van der Waals surface area contributed by atoms with Crippen molar-refractivity contribution in [2.24, 2.45) is 0 Å². The van der Waals surface area contributed by atoms with Crippen molar-refractivity contribution in [3.8, 4) is 0 Å². The SMILES string of the molecule is CCCCCCCC[C@H](O)c1ccncc1. The van der Waals surface area contributed by atoms with Gasteiger partial charge in [0.2, 0.25) is 0 Å². The molecule has 0 bridgehead atoms. The number of hydrogen-bond acceptors (Lipinski definition) is 2. The van der Waals surface area contributed by atoms with Crippen LogP contribution in [0.4, 0.5) is 0 Å². The molecule has 90 valence electrons. The normalized spacial score (nSPS) is 12.6. The molecule has 0 spiro atoms. The molecule has 0 fully saturated rings. The van der Waals surface area contributed by atoms with Crippen LogP contribution in [0, 0.1) is 0 Å². The third-order valence-corrected chi connectivity index (χ3v) is 2.92. The lowest BCUT2D eigenvalue weighted by molar-refractivity contribution is 0.163. The van der Waals surface area contributed by atoms with E-state index in [-0.39, 0.29) is 6.10 Å². The molecule has 0 aliphatic rings. The number of hydrogen-bond donors (Lipinski definition) is 1. The number of aliphatic hydroxyl groups is 1. The van der Waals surface area contributed by atoms with Gasteiger partial charge in [-0.3, -0.25) is 4.98 Å². The van der Waals surface area contributed by atoms with Gasteiger partial charge in [0.25, 0.3) is 0 Å². The van der Waals surface area contributed by atoms with E-state index in [1.165, 1.54) is 32.1 Å². The number of aliphatic hydroxyl groups excluding tert-OH is 1. The highest BCUT2D eigenvalue weighted by Gasteiger charge is 2.05. The fraction of sp³-hybridized carbons (Fsp3) is 0.643. The Balaban J connectivity index is 2.09. The summed E-state index contributed by atoms with van der Waals surface area (Å²) >= 11 is 0. The molecule has 0 aliphatic heterocycles. The summed E-state index contributed by atoms with van der Waals surface area (Å²) in [5, 5.41) is 9.90. The van der Waals surface area contributed by atoms with Crippen LogP contribution in [0.2, 0.25) is 0 Å². The molecule has 1 N–H and O–H groups in total. The number of nitrogens with zero attached hydrogens (tertiary/aromatic N) is 1. The quantitative estimate of drug-likeness (QED) is 0.676. The molecule has 0 radical (unpaired) electrons. The van der Waals surface area contributed by atoms with E-state index < -0.39 is 0 Å². The van der Waals surface area contributed by atoms with E-state index in [0.717, 1.165) is 18.4 Å². The maximum atomic E-state index is 9.90. The second-order valence-electron chi connectivity index (χ2n) is 4.35. The zero-order chi connectivity index (χ0) is 11.6.